The van der Waals surface area contributed by atoms with Crippen LogP contribution in [0.3, 0.4) is 0 Å². The first kappa shape index (κ1) is 14.5. The highest BCUT2D eigenvalue weighted by molar-refractivity contribution is 5.80. The smallest absolute Gasteiger partial charge is 0.226 e. The molecular formula is C15H29NO. The number of carbonyl (C=O) groups is 1. The van der Waals surface area contributed by atoms with Crippen LogP contribution in [0.1, 0.15) is 66.7 Å². The second kappa shape index (κ2) is 6.42. The van der Waals surface area contributed by atoms with Crippen LogP contribution >= 0.6 is 0 Å². The van der Waals surface area contributed by atoms with Crippen LogP contribution < -0.4 is 0 Å². The van der Waals surface area contributed by atoms with Gasteiger partial charge >= 0.3 is 0 Å². The predicted octanol–water partition coefficient (Wildman–Crippen LogP) is 3.85. The Hall–Kier alpha value is -0.530. The third kappa shape index (κ3) is 3.23. The highest BCUT2D eigenvalue weighted by atomic mass is 16.2. The fourth-order valence-electron chi connectivity index (χ4n) is 3.07. The Morgan fingerprint density at radius 2 is 1.76 bits per heavy atom. The zero-order valence-corrected chi connectivity index (χ0v) is 12.2. The van der Waals surface area contributed by atoms with E-state index >= 15 is 0 Å². The lowest BCUT2D eigenvalue weighted by molar-refractivity contribution is -0.140. The summed E-state index contributed by atoms with van der Waals surface area (Å²) in [6, 6.07) is 0.891. The van der Waals surface area contributed by atoms with Crippen molar-refractivity contribution in [3.63, 3.8) is 0 Å². The minimum atomic E-state index is 0.244. The van der Waals surface area contributed by atoms with Gasteiger partial charge in [-0.15, -0.1) is 0 Å². The molecule has 100 valence electrons. The van der Waals surface area contributed by atoms with Gasteiger partial charge in [-0.25, -0.2) is 0 Å². The molecule has 1 fully saturated rings. The Labute approximate surface area is 107 Å². The molecule has 0 aromatic heterocycles. The third-order valence-electron chi connectivity index (χ3n) is 4.45. The summed E-state index contributed by atoms with van der Waals surface area (Å²) in [7, 11) is 0. The van der Waals surface area contributed by atoms with Gasteiger partial charge in [0.25, 0.3) is 0 Å². The van der Waals surface area contributed by atoms with Crippen molar-refractivity contribution in [3.8, 4) is 0 Å². The molecule has 0 aromatic rings. The normalized spacial score (nSPS) is 28.2. The Balaban J connectivity index is 2.76. The summed E-state index contributed by atoms with van der Waals surface area (Å²) in [5, 5.41) is 0. The summed E-state index contributed by atoms with van der Waals surface area (Å²) in [5.41, 5.74) is 0. The van der Waals surface area contributed by atoms with E-state index in [0.717, 1.165) is 19.3 Å². The summed E-state index contributed by atoms with van der Waals surface area (Å²) in [4.78, 5) is 14.8. The van der Waals surface area contributed by atoms with Gasteiger partial charge in [0.2, 0.25) is 5.91 Å². The second-order valence-electron chi connectivity index (χ2n) is 5.80. The first-order valence-corrected chi connectivity index (χ1v) is 7.35. The predicted molar refractivity (Wildman–Crippen MR) is 72.9 cm³/mol. The average Bonchev–Trinajstić information content (AvgIpc) is 2.64. The summed E-state index contributed by atoms with van der Waals surface area (Å²) in [5.74, 6) is 1.18. The number of amides is 1. The fourth-order valence-corrected chi connectivity index (χ4v) is 3.07. The van der Waals surface area contributed by atoms with Crippen molar-refractivity contribution in [1.29, 1.82) is 0 Å². The first-order valence-electron chi connectivity index (χ1n) is 7.35. The van der Waals surface area contributed by atoms with Crippen LogP contribution in [0.4, 0.5) is 0 Å². The van der Waals surface area contributed by atoms with E-state index in [4.69, 9.17) is 0 Å². The summed E-state index contributed by atoms with van der Waals surface area (Å²) in [6.45, 7) is 11.0. The van der Waals surface area contributed by atoms with Crippen molar-refractivity contribution >= 4 is 5.91 Å². The van der Waals surface area contributed by atoms with Gasteiger partial charge in [-0.2, -0.15) is 0 Å². The molecule has 1 amide bonds. The number of carbonyl (C=O) groups excluding carboxylic acids is 1. The monoisotopic (exact) mass is 239 g/mol. The van der Waals surface area contributed by atoms with E-state index in [9.17, 15) is 4.79 Å². The molecule has 0 aliphatic carbocycles. The van der Waals surface area contributed by atoms with Gasteiger partial charge in [0.1, 0.15) is 0 Å². The largest absolute Gasteiger partial charge is 0.337 e. The molecule has 1 rings (SSSR count). The van der Waals surface area contributed by atoms with Gasteiger partial charge in [0, 0.05) is 18.0 Å². The molecule has 1 aliphatic heterocycles. The van der Waals surface area contributed by atoms with Crippen molar-refractivity contribution in [2.45, 2.75) is 78.8 Å². The molecule has 1 heterocycles. The minimum absolute atomic E-state index is 0.244. The molecule has 2 nitrogen and oxygen atoms in total. The molecule has 0 N–H and O–H groups in total. The molecule has 0 aromatic carbocycles. The molecule has 0 radical (unpaired) electrons. The maximum atomic E-state index is 12.7. The Bertz CT molecular complexity index is 241. The molecule has 1 aliphatic rings. The number of rotatable bonds is 5. The molecule has 3 unspecified atom stereocenters. The van der Waals surface area contributed by atoms with Gasteiger partial charge < -0.3 is 4.90 Å². The molecule has 2 heteroatoms. The van der Waals surface area contributed by atoms with Crippen LogP contribution in [0, 0.1) is 11.8 Å². The molecular weight excluding hydrogens is 210 g/mol. The number of nitrogens with zero attached hydrogens (tertiary/aromatic N) is 1. The van der Waals surface area contributed by atoms with Crippen molar-refractivity contribution < 1.29 is 4.79 Å². The molecule has 1 saturated heterocycles. The number of likely N-dealkylation sites (tertiary alicyclic amines) is 1. The lowest BCUT2D eigenvalue weighted by Gasteiger charge is -2.32. The fraction of sp³-hybridized carbons (Fsp3) is 0.933. The van der Waals surface area contributed by atoms with Gasteiger partial charge in [-0.1, -0.05) is 33.6 Å². The maximum absolute atomic E-state index is 12.7. The molecule has 0 spiro atoms. The zero-order valence-electron chi connectivity index (χ0n) is 12.2. The molecule has 0 bridgehead atoms. The SMILES string of the molecule is CCCC(C(=O)N1C(C)CC[C@H]1C)C(C)CC. The topological polar surface area (TPSA) is 20.3 Å². The van der Waals surface area contributed by atoms with Gasteiger partial charge in [-0.3, -0.25) is 4.79 Å². The van der Waals surface area contributed by atoms with Crippen molar-refractivity contribution in [2.75, 3.05) is 0 Å². The quantitative estimate of drug-likeness (QED) is 0.713. The van der Waals surface area contributed by atoms with Gasteiger partial charge in [0.15, 0.2) is 0 Å². The Kier molecular flexibility index (Phi) is 5.48. The average molecular weight is 239 g/mol. The molecule has 0 saturated carbocycles. The Morgan fingerprint density at radius 3 is 2.18 bits per heavy atom. The second-order valence-corrected chi connectivity index (χ2v) is 5.80. The highest BCUT2D eigenvalue weighted by Crippen LogP contribution is 2.30. The lowest BCUT2D eigenvalue weighted by Crippen LogP contribution is -2.44. The van der Waals surface area contributed by atoms with Crippen molar-refractivity contribution in [2.24, 2.45) is 11.8 Å². The lowest BCUT2D eigenvalue weighted by atomic mass is 9.86. The van der Waals surface area contributed by atoms with E-state index < -0.39 is 0 Å². The standard InChI is InChI=1S/C15H29NO/c1-6-8-14(11(3)7-2)15(17)16-12(4)9-10-13(16)5/h11-14H,6-10H2,1-5H3/t11?,12-,13?,14?/m1/s1. The minimum Gasteiger partial charge on any atom is -0.337 e. The molecule has 4 atom stereocenters. The molecule has 17 heavy (non-hydrogen) atoms. The van der Waals surface area contributed by atoms with E-state index in [1.165, 1.54) is 12.8 Å². The van der Waals surface area contributed by atoms with E-state index in [-0.39, 0.29) is 5.92 Å². The number of hydrogen-bond acceptors (Lipinski definition) is 1. The summed E-state index contributed by atoms with van der Waals surface area (Å²) >= 11 is 0. The van der Waals surface area contributed by atoms with Crippen LogP contribution in [-0.4, -0.2) is 22.9 Å². The van der Waals surface area contributed by atoms with Gasteiger partial charge in [0.05, 0.1) is 0 Å². The maximum Gasteiger partial charge on any atom is 0.226 e. The van der Waals surface area contributed by atoms with E-state index in [1.807, 2.05) is 0 Å². The van der Waals surface area contributed by atoms with Crippen LogP contribution in [0.5, 0.6) is 0 Å². The third-order valence-corrected chi connectivity index (χ3v) is 4.45. The highest BCUT2D eigenvalue weighted by Gasteiger charge is 2.36. The summed E-state index contributed by atoms with van der Waals surface area (Å²) in [6.07, 6.45) is 5.60. The van der Waals surface area contributed by atoms with E-state index in [0.29, 0.717) is 23.9 Å². The van der Waals surface area contributed by atoms with Gasteiger partial charge in [-0.05, 0) is 39.0 Å². The summed E-state index contributed by atoms with van der Waals surface area (Å²) < 4.78 is 0. The van der Waals surface area contributed by atoms with E-state index in [2.05, 4.69) is 39.5 Å². The van der Waals surface area contributed by atoms with Crippen molar-refractivity contribution in [1.82, 2.24) is 4.90 Å². The Morgan fingerprint density at radius 1 is 1.24 bits per heavy atom. The number of hydrogen-bond donors (Lipinski definition) is 0. The van der Waals surface area contributed by atoms with Crippen LogP contribution in [0.15, 0.2) is 0 Å². The van der Waals surface area contributed by atoms with Crippen LogP contribution in [-0.2, 0) is 4.79 Å². The van der Waals surface area contributed by atoms with Crippen LogP contribution in [0.25, 0.3) is 0 Å². The van der Waals surface area contributed by atoms with Crippen molar-refractivity contribution in [3.05, 3.63) is 0 Å². The van der Waals surface area contributed by atoms with Crippen LogP contribution in [0.2, 0.25) is 0 Å². The first-order chi connectivity index (χ1) is 8.02. The van der Waals surface area contributed by atoms with E-state index in [1.54, 1.807) is 0 Å². The zero-order chi connectivity index (χ0) is 13.0.